The molecule has 2 heterocycles. The van der Waals surface area contributed by atoms with Crippen LogP contribution in [-0.4, -0.2) is 60.1 Å². The zero-order valence-electron chi connectivity index (χ0n) is 19.1. The third-order valence-electron chi connectivity index (χ3n) is 5.74. The van der Waals surface area contributed by atoms with Crippen LogP contribution >= 0.6 is 11.6 Å². The van der Waals surface area contributed by atoms with Crippen LogP contribution in [0.2, 0.25) is 5.02 Å². The van der Waals surface area contributed by atoms with Gasteiger partial charge in [-0.25, -0.2) is 0 Å². The second-order valence-corrected chi connectivity index (χ2v) is 8.62. The minimum atomic E-state index is -0.464. The number of carbonyl (C=O) groups excluding carboxylic acids is 3. The highest BCUT2D eigenvalue weighted by molar-refractivity contribution is 6.34. The van der Waals surface area contributed by atoms with Crippen molar-refractivity contribution in [2.24, 2.45) is 5.16 Å². The van der Waals surface area contributed by atoms with E-state index in [9.17, 15) is 19.5 Å². The molecule has 9 heteroatoms. The van der Waals surface area contributed by atoms with Gasteiger partial charge in [-0.1, -0.05) is 35.0 Å². The molecule has 0 aliphatic carbocycles. The predicted octanol–water partition coefficient (Wildman–Crippen LogP) is 3.81. The van der Waals surface area contributed by atoms with Crippen molar-refractivity contribution in [2.75, 3.05) is 26.2 Å². The normalized spacial score (nSPS) is 20.6. The smallest absolute Gasteiger partial charge is 0.263 e. The van der Waals surface area contributed by atoms with E-state index in [0.717, 1.165) is 45.2 Å². The maximum atomic E-state index is 12.9. The lowest BCUT2D eigenvalue weighted by atomic mass is 9.95. The molecule has 2 amide bonds. The second kappa shape index (κ2) is 12.9. The van der Waals surface area contributed by atoms with Crippen LogP contribution < -0.4 is 5.32 Å². The number of halogens is 1. The molecule has 2 aliphatic heterocycles. The molecular weight excluding hydrogens is 458 g/mol. The monoisotopic (exact) mass is 487 g/mol. The number of aromatic hydroxyl groups is 1. The minimum absolute atomic E-state index is 0.0288. The molecule has 8 nitrogen and oxygen atoms in total. The zero-order chi connectivity index (χ0) is 24.3. The molecule has 1 fully saturated rings. The van der Waals surface area contributed by atoms with Crippen molar-refractivity contribution < 1.29 is 24.3 Å². The van der Waals surface area contributed by atoms with Gasteiger partial charge in [-0.3, -0.25) is 14.4 Å². The Morgan fingerprint density at radius 1 is 1.18 bits per heavy atom. The fourth-order valence-corrected chi connectivity index (χ4v) is 4.18. The lowest BCUT2D eigenvalue weighted by Crippen LogP contribution is -2.37. The largest absolute Gasteiger partial charge is 0.506 e. The van der Waals surface area contributed by atoms with Crippen molar-refractivity contribution in [3.05, 3.63) is 52.1 Å². The van der Waals surface area contributed by atoms with Gasteiger partial charge in [0.25, 0.3) is 11.8 Å². The third-order valence-corrected chi connectivity index (χ3v) is 6.16. The number of nitrogens with one attached hydrogen (secondary N) is 1. The van der Waals surface area contributed by atoms with Gasteiger partial charge in [0.2, 0.25) is 0 Å². The highest BCUT2D eigenvalue weighted by atomic mass is 35.5. The molecule has 3 rings (SSSR count). The number of hydrogen-bond donors (Lipinski definition) is 2. The van der Waals surface area contributed by atoms with Gasteiger partial charge in [-0.05, 0) is 56.2 Å². The van der Waals surface area contributed by atoms with E-state index in [-0.39, 0.29) is 46.4 Å². The number of likely N-dealkylation sites (tertiary alicyclic amines) is 1. The molecule has 0 bridgehead atoms. The minimum Gasteiger partial charge on any atom is -0.506 e. The molecule has 0 spiro atoms. The first kappa shape index (κ1) is 25.5. The highest BCUT2D eigenvalue weighted by Crippen LogP contribution is 2.33. The van der Waals surface area contributed by atoms with Crippen molar-refractivity contribution in [3.8, 4) is 5.75 Å². The fraction of sp³-hybridized carbons (Fsp3) is 0.440. The van der Waals surface area contributed by atoms with E-state index in [0.29, 0.717) is 25.0 Å². The number of aldehydes is 1. The van der Waals surface area contributed by atoms with Gasteiger partial charge < -0.3 is 20.2 Å². The van der Waals surface area contributed by atoms with Crippen LogP contribution in [0.15, 0.2) is 35.5 Å². The molecule has 0 radical (unpaired) electrons. The number of carbonyl (C=O) groups is 3. The Kier molecular flexibility index (Phi) is 9.70. The first-order valence-corrected chi connectivity index (χ1v) is 11.9. The molecule has 1 saturated heterocycles. The van der Waals surface area contributed by atoms with E-state index in [1.807, 2.05) is 18.2 Å². The Bertz CT molecular complexity index is 997. The van der Waals surface area contributed by atoms with Crippen molar-refractivity contribution >= 4 is 35.4 Å². The molecule has 2 N–H and O–H groups in total. The van der Waals surface area contributed by atoms with E-state index in [2.05, 4.69) is 10.5 Å². The summed E-state index contributed by atoms with van der Waals surface area (Å²) in [6.07, 6.45) is 13.5. The molecular formula is C25H30ClN3O5. The molecule has 34 heavy (non-hydrogen) atoms. The summed E-state index contributed by atoms with van der Waals surface area (Å²) in [6, 6.07) is 1.18. The molecule has 0 unspecified atom stereocenters. The van der Waals surface area contributed by atoms with Gasteiger partial charge in [0.05, 0.1) is 16.3 Å². The Balaban J connectivity index is 1.90. The molecule has 2 aliphatic rings. The van der Waals surface area contributed by atoms with Crippen molar-refractivity contribution in [2.45, 2.75) is 44.9 Å². The van der Waals surface area contributed by atoms with Crippen LogP contribution in [0.3, 0.4) is 0 Å². The average Bonchev–Trinajstić information content (AvgIpc) is 2.85. The van der Waals surface area contributed by atoms with Crippen LogP contribution in [0.25, 0.3) is 0 Å². The second-order valence-electron chi connectivity index (χ2n) is 8.24. The number of fused-ring (bicyclic) bond motifs is 1. The number of oxime groups is 1. The summed E-state index contributed by atoms with van der Waals surface area (Å²) >= 11 is 6.37. The van der Waals surface area contributed by atoms with Crippen LogP contribution in [0.5, 0.6) is 5.75 Å². The van der Waals surface area contributed by atoms with Crippen molar-refractivity contribution in [1.82, 2.24) is 10.2 Å². The zero-order valence-corrected chi connectivity index (χ0v) is 19.9. The van der Waals surface area contributed by atoms with Gasteiger partial charge in [0, 0.05) is 31.6 Å². The lowest BCUT2D eigenvalue weighted by molar-refractivity contribution is -0.137. The van der Waals surface area contributed by atoms with Gasteiger partial charge in [0.1, 0.15) is 5.75 Å². The standard InChI is InChI=1S/C25H30ClN3O5/c26-24-20-15-19(28-34-17-22(32)29-12-8-5-9-13-29)10-6-3-1-2-4-7-11-27-25(33)23(20)18(16-30)14-21(24)31/h2,4,6,10,14,16,31H,1,3,5,7-9,11-13,15,17H2,(H,27,33)/b4-2+,10-6+,28-19-. The number of amides is 2. The Morgan fingerprint density at radius 3 is 2.68 bits per heavy atom. The number of benzene rings is 1. The topological polar surface area (TPSA) is 108 Å². The highest BCUT2D eigenvalue weighted by Gasteiger charge is 2.23. The molecule has 0 saturated carbocycles. The molecule has 182 valence electrons. The van der Waals surface area contributed by atoms with Gasteiger partial charge >= 0.3 is 0 Å². The number of phenols is 1. The number of rotatable bonds is 4. The van der Waals surface area contributed by atoms with E-state index in [4.69, 9.17) is 16.4 Å². The Labute approximate surface area is 204 Å². The molecule has 0 atom stereocenters. The molecule has 0 aromatic heterocycles. The summed E-state index contributed by atoms with van der Waals surface area (Å²) in [5.41, 5.74) is 0.792. The summed E-state index contributed by atoms with van der Waals surface area (Å²) in [5, 5.41) is 17.2. The first-order valence-electron chi connectivity index (χ1n) is 11.6. The van der Waals surface area contributed by atoms with Crippen LogP contribution in [0.4, 0.5) is 0 Å². The Hall–Kier alpha value is -3.13. The number of phenolic OH excluding ortho intramolecular Hbond substituents is 1. The van der Waals surface area contributed by atoms with Crippen LogP contribution in [-0.2, 0) is 16.1 Å². The first-order chi connectivity index (χ1) is 16.5. The summed E-state index contributed by atoms with van der Waals surface area (Å²) in [6.45, 7) is 1.64. The average molecular weight is 488 g/mol. The van der Waals surface area contributed by atoms with E-state index in [1.54, 1.807) is 11.0 Å². The molecule has 1 aromatic rings. The Morgan fingerprint density at radius 2 is 1.91 bits per heavy atom. The summed E-state index contributed by atoms with van der Waals surface area (Å²) in [7, 11) is 0. The van der Waals surface area contributed by atoms with Crippen molar-refractivity contribution in [1.29, 1.82) is 0 Å². The van der Waals surface area contributed by atoms with Crippen LogP contribution in [0.1, 0.15) is 64.8 Å². The third kappa shape index (κ3) is 6.93. The van der Waals surface area contributed by atoms with E-state index < -0.39 is 5.91 Å². The SMILES string of the molecule is O=Cc1cc(O)c(Cl)c2c1C(=O)NCC/C=C/CC/C=C/C(=N/OCC(=O)N1CCCCC1)C2. The summed E-state index contributed by atoms with van der Waals surface area (Å²) in [5.74, 6) is -0.893. The number of hydrogen-bond acceptors (Lipinski definition) is 6. The number of allylic oxidation sites excluding steroid dienone is 3. The van der Waals surface area contributed by atoms with Gasteiger partial charge in [0.15, 0.2) is 12.9 Å². The lowest BCUT2D eigenvalue weighted by Gasteiger charge is -2.26. The van der Waals surface area contributed by atoms with E-state index in [1.165, 1.54) is 6.07 Å². The van der Waals surface area contributed by atoms with Gasteiger partial charge in [-0.15, -0.1) is 0 Å². The predicted molar refractivity (Wildman–Crippen MR) is 130 cm³/mol. The number of nitrogens with zero attached hydrogens (tertiary/aromatic N) is 2. The summed E-state index contributed by atoms with van der Waals surface area (Å²) < 4.78 is 0. The number of piperidine rings is 1. The van der Waals surface area contributed by atoms with Gasteiger partial charge in [-0.2, -0.15) is 0 Å². The molecule has 1 aromatic carbocycles. The quantitative estimate of drug-likeness (QED) is 0.381. The maximum Gasteiger partial charge on any atom is 0.263 e. The van der Waals surface area contributed by atoms with E-state index >= 15 is 0 Å². The maximum absolute atomic E-state index is 12.9. The fourth-order valence-electron chi connectivity index (χ4n) is 3.96. The van der Waals surface area contributed by atoms with Crippen molar-refractivity contribution in [3.63, 3.8) is 0 Å². The van der Waals surface area contributed by atoms with Crippen LogP contribution in [0, 0.1) is 0 Å². The summed E-state index contributed by atoms with van der Waals surface area (Å²) in [4.78, 5) is 44.2.